The van der Waals surface area contributed by atoms with Crippen molar-refractivity contribution in [3.63, 3.8) is 0 Å². The summed E-state index contributed by atoms with van der Waals surface area (Å²) in [6, 6.07) is 5.37. The van der Waals surface area contributed by atoms with Gasteiger partial charge in [0.1, 0.15) is 11.6 Å². The fourth-order valence-electron chi connectivity index (χ4n) is 2.16. The Kier molecular flexibility index (Phi) is 3.09. The highest BCUT2D eigenvalue weighted by Crippen LogP contribution is 2.36. The molecule has 2 N–H and O–H groups in total. The lowest BCUT2D eigenvalue weighted by Gasteiger charge is -2.08. The minimum atomic E-state index is -1.04. The van der Waals surface area contributed by atoms with Gasteiger partial charge in [0.15, 0.2) is 11.5 Å². The number of rotatable bonds is 5. The minimum Gasteiger partial charge on any atom is -0.477 e. The summed E-state index contributed by atoms with van der Waals surface area (Å²) in [5.41, 5.74) is 0.0230. The summed E-state index contributed by atoms with van der Waals surface area (Å²) in [5, 5.41) is 20.3. The van der Waals surface area contributed by atoms with Crippen LogP contribution < -0.4 is 5.32 Å². The fraction of sp³-hybridized carbons (Fsp3) is 0.385. The number of aromatic nitrogens is 4. The third-order valence-corrected chi connectivity index (χ3v) is 3.24. The number of carboxylic acids is 1. The highest BCUT2D eigenvalue weighted by atomic mass is 16.4. The maximum absolute atomic E-state index is 10.9. The molecule has 0 spiro atoms. The Morgan fingerprint density at radius 3 is 2.95 bits per heavy atom. The first kappa shape index (κ1) is 12.6. The number of nitrogens with zero attached hydrogens (tertiary/aromatic N) is 4. The number of carbonyl (C=O) groups is 1. The molecule has 0 saturated heterocycles. The van der Waals surface area contributed by atoms with E-state index in [4.69, 9.17) is 5.11 Å². The van der Waals surface area contributed by atoms with Crippen LogP contribution in [0.4, 0.5) is 5.82 Å². The van der Waals surface area contributed by atoms with Crippen LogP contribution in [0.15, 0.2) is 18.2 Å². The van der Waals surface area contributed by atoms with E-state index in [1.807, 2.05) is 6.92 Å². The zero-order valence-corrected chi connectivity index (χ0v) is 11.1. The van der Waals surface area contributed by atoms with Crippen LogP contribution in [0.3, 0.4) is 0 Å². The first-order valence-corrected chi connectivity index (χ1v) is 6.50. The first-order valence-electron chi connectivity index (χ1n) is 6.50. The maximum atomic E-state index is 10.9. The van der Waals surface area contributed by atoms with Crippen LogP contribution in [0.1, 0.15) is 41.0 Å². The predicted octanol–water partition coefficient (Wildman–Crippen LogP) is 1.63. The molecule has 2 heterocycles. The van der Waals surface area contributed by atoms with Crippen molar-refractivity contribution in [1.82, 2.24) is 19.7 Å². The van der Waals surface area contributed by atoms with Crippen molar-refractivity contribution in [1.29, 1.82) is 0 Å². The van der Waals surface area contributed by atoms with Crippen LogP contribution in [0.25, 0.3) is 0 Å². The van der Waals surface area contributed by atoms with Gasteiger partial charge in [-0.1, -0.05) is 6.07 Å². The molecule has 20 heavy (non-hydrogen) atoms. The van der Waals surface area contributed by atoms with Crippen LogP contribution >= 0.6 is 0 Å². The molecule has 2 aromatic rings. The summed E-state index contributed by atoms with van der Waals surface area (Å²) in [5.74, 6) is 1.25. The van der Waals surface area contributed by atoms with Gasteiger partial charge in [-0.2, -0.15) is 0 Å². The number of hydrogen-bond donors (Lipinski definition) is 2. The van der Waals surface area contributed by atoms with Crippen LogP contribution in [0.2, 0.25) is 0 Å². The Balaban J connectivity index is 1.73. The molecule has 1 aliphatic carbocycles. The zero-order chi connectivity index (χ0) is 14.1. The molecule has 0 aliphatic heterocycles. The lowest BCUT2D eigenvalue weighted by Crippen LogP contribution is -2.10. The molecule has 0 bridgehead atoms. The average Bonchev–Trinajstić information content (AvgIpc) is 3.20. The van der Waals surface area contributed by atoms with E-state index in [1.54, 1.807) is 12.1 Å². The van der Waals surface area contributed by atoms with Gasteiger partial charge in [0, 0.05) is 6.04 Å². The van der Waals surface area contributed by atoms with Crippen molar-refractivity contribution >= 4 is 11.8 Å². The molecule has 104 valence electrons. The molecule has 7 nitrogen and oxygen atoms in total. The topological polar surface area (TPSA) is 92.9 Å². The van der Waals surface area contributed by atoms with Gasteiger partial charge < -0.3 is 15.0 Å². The summed E-state index contributed by atoms with van der Waals surface area (Å²) in [7, 11) is 0. The van der Waals surface area contributed by atoms with Gasteiger partial charge in [-0.15, -0.1) is 10.2 Å². The van der Waals surface area contributed by atoms with E-state index in [2.05, 4.69) is 25.1 Å². The van der Waals surface area contributed by atoms with Gasteiger partial charge in [-0.05, 0) is 31.9 Å². The van der Waals surface area contributed by atoms with Gasteiger partial charge in [0.2, 0.25) is 0 Å². The molecule has 0 radical (unpaired) electrons. The number of anilines is 1. The average molecular weight is 273 g/mol. The summed E-state index contributed by atoms with van der Waals surface area (Å²) in [6.07, 6.45) is 2.33. The summed E-state index contributed by atoms with van der Waals surface area (Å²) < 4.78 is 2.13. The largest absolute Gasteiger partial charge is 0.477 e. The highest BCUT2D eigenvalue weighted by molar-refractivity contribution is 5.85. The van der Waals surface area contributed by atoms with Crippen LogP contribution in [-0.2, 0) is 6.54 Å². The molecular weight excluding hydrogens is 258 g/mol. The standard InChI is InChI=1S/C13H15N5O2/c1-8-16-17-12(18(8)9-5-6-9)7-14-11-4-2-3-10(15-11)13(19)20/h2-4,9H,5-7H2,1H3,(H,14,15)(H,19,20). The molecule has 0 amide bonds. The van der Waals surface area contributed by atoms with Crippen molar-refractivity contribution in [2.24, 2.45) is 0 Å². The van der Waals surface area contributed by atoms with E-state index < -0.39 is 5.97 Å². The number of hydrogen-bond acceptors (Lipinski definition) is 5. The van der Waals surface area contributed by atoms with E-state index >= 15 is 0 Å². The highest BCUT2D eigenvalue weighted by Gasteiger charge is 2.27. The molecule has 0 atom stereocenters. The Hall–Kier alpha value is -2.44. The van der Waals surface area contributed by atoms with Gasteiger partial charge in [-0.3, -0.25) is 0 Å². The van der Waals surface area contributed by atoms with Crippen molar-refractivity contribution in [3.8, 4) is 0 Å². The quantitative estimate of drug-likeness (QED) is 0.860. The molecule has 1 saturated carbocycles. The van der Waals surface area contributed by atoms with Gasteiger partial charge in [0.05, 0.1) is 6.54 Å². The molecule has 7 heteroatoms. The lowest BCUT2D eigenvalue weighted by molar-refractivity contribution is 0.0690. The van der Waals surface area contributed by atoms with E-state index in [9.17, 15) is 4.79 Å². The van der Waals surface area contributed by atoms with Crippen molar-refractivity contribution < 1.29 is 9.90 Å². The molecular formula is C13H15N5O2. The van der Waals surface area contributed by atoms with Crippen molar-refractivity contribution in [2.75, 3.05) is 5.32 Å². The number of nitrogens with one attached hydrogen (secondary N) is 1. The monoisotopic (exact) mass is 273 g/mol. The molecule has 0 aromatic carbocycles. The molecule has 0 unspecified atom stereocenters. The second kappa shape index (κ2) is 4.92. The van der Waals surface area contributed by atoms with Crippen LogP contribution in [-0.4, -0.2) is 30.8 Å². The maximum Gasteiger partial charge on any atom is 0.354 e. The Morgan fingerprint density at radius 2 is 2.25 bits per heavy atom. The second-order valence-electron chi connectivity index (χ2n) is 4.83. The molecule has 2 aromatic heterocycles. The van der Waals surface area contributed by atoms with E-state index in [0.717, 1.165) is 11.6 Å². The van der Waals surface area contributed by atoms with E-state index in [1.165, 1.54) is 18.9 Å². The Morgan fingerprint density at radius 1 is 1.45 bits per heavy atom. The number of pyridine rings is 1. The predicted molar refractivity (Wildman–Crippen MR) is 71.6 cm³/mol. The zero-order valence-electron chi connectivity index (χ0n) is 11.1. The third kappa shape index (κ3) is 2.47. The summed E-state index contributed by atoms with van der Waals surface area (Å²) in [4.78, 5) is 14.9. The van der Waals surface area contributed by atoms with E-state index in [-0.39, 0.29) is 5.69 Å². The van der Waals surface area contributed by atoms with Crippen LogP contribution in [0.5, 0.6) is 0 Å². The van der Waals surface area contributed by atoms with Crippen LogP contribution in [0, 0.1) is 6.92 Å². The number of aryl methyl sites for hydroxylation is 1. The second-order valence-corrected chi connectivity index (χ2v) is 4.83. The molecule has 1 aliphatic rings. The van der Waals surface area contributed by atoms with E-state index in [0.29, 0.717) is 18.4 Å². The normalized spacial score (nSPS) is 14.2. The lowest BCUT2D eigenvalue weighted by atomic mass is 10.3. The first-order chi connectivity index (χ1) is 9.65. The van der Waals surface area contributed by atoms with Crippen molar-refractivity contribution in [3.05, 3.63) is 35.5 Å². The minimum absolute atomic E-state index is 0.0230. The van der Waals surface area contributed by atoms with Crippen molar-refractivity contribution in [2.45, 2.75) is 32.4 Å². The summed E-state index contributed by atoms with van der Waals surface area (Å²) in [6.45, 7) is 2.42. The van der Waals surface area contributed by atoms with Gasteiger partial charge in [0.25, 0.3) is 0 Å². The van der Waals surface area contributed by atoms with Gasteiger partial charge >= 0.3 is 5.97 Å². The smallest absolute Gasteiger partial charge is 0.354 e. The summed E-state index contributed by atoms with van der Waals surface area (Å²) >= 11 is 0. The fourth-order valence-corrected chi connectivity index (χ4v) is 2.16. The third-order valence-electron chi connectivity index (χ3n) is 3.24. The Bertz CT molecular complexity index is 648. The van der Waals surface area contributed by atoms with Gasteiger partial charge in [-0.25, -0.2) is 9.78 Å². The molecule has 3 rings (SSSR count). The molecule has 1 fully saturated rings. The number of carboxylic acid groups (broad SMARTS) is 1. The Labute approximate surface area is 115 Å². The number of aromatic carboxylic acids is 1. The SMILES string of the molecule is Cc1nnc(CNc2cccc(C(=O)O)n2)n1C1CC1.